The Balaban J connectivity index is 1.38. The first-order valence-electron chi connectivity index (χ1n) is 9.29. The average Bonchev–Trinajstić information content (AvgIpc) is 3.42. The van der Waals surface area contributed by atoms with Crippen LogP contribution in [0.2, 0.25) is 0 Å². The molecule has 2 atom stereocenters. The van der Waals surface area contributed by atoms with Crippen molar-refractivity contribution in [2.75, 3.05) is 32.8 Å². The van der Waals surface area contributed by atoms with Gasteiger partial charge in [-0.3, -0.25) is 9.59 Å². The van der Waals surface area contributed by atoms with E-state index in [0.717, 1.165) is 13.0 Å². The Kier molecular flexibility index (Phi) is 4.02. The van der Waals surface area contributed by atoms with E-state index in [-0.39, 0.29) is 17.7 Å². The van der Waals surface area contributed by atoms with Crippen molar-refractivity contribution in [2.24, 2.45) is 11.3 Å². The number of ether oxygens (including phenoxy) is 1. The van der Waals surface area contributed by atoms with Crippen molar-refractivity contribution >= 4 is 23.2 Å². The summed E-state index contributed by atoms with van der Waals surface area (Å²) in [6.45, 7) is 3.29. The van der Waals surface area contributed by atoms with Crippen LogP contribution in [0.15, 0.2) is 35.2 Å². The van der Waals surface area contributed by atoms with E-state index in [1.54, 1.807) is 15.8 Å². The molecule has 0 saturated carbocycles. The van der Waals surface area contributed by atoms with Gasteiger partial charge in [-0.15, -0.1) is 11.3 Å². The second-order valence-corrected chi connectivity index (χ2v) is 8.39. The molecule has 0 spiro atoms. The molecule has 0 unspecified atom stereocenters. The number of hydrogen-bond donors (Lipinski definition) is 0. The number of hydrogen-bond acceptors (Lipinski definition) is 5. The van der Waals surface area contributed by atoms with Gasteiger partial charge in [-0.1, -0.05) is 24.3 Å². The van der Waals surface area contributed by atoms with E-state index in [9.17, 15) is 9.59 Å². The molecule has 3 aliphatic heterocycles. The van der Waals surface area contributed by atoms with Gasteiger partial charge in [0.1, 0.15) is 5.69 Å². The number of carbonyl (C=O) groups is 2. The molecule has 2 saturated heterocycles. The third kappa shape index (κ3) is 2.68. The molecule has 2 aromatic rings. The zero-order chi connectivity index (χ0) is 18.4. The predicted octanol–water partition coefficient (Wildman–Crippen LogP) is 1.82. The van der Waals surface area contributed by atoms with Crippen molar-refractivity contribution in [1.29, 1.82) is 0 Å². The standard InChI is InChI=1S/C20H21N3O3S/c24-18(17-10-27-13-21-17)23-8-16-9-26-12-20(16,11-23)19(25)22-6-5-14-3-1-2-4-15(14)7-22/h1-4,10,13,16H,5-9,11-12H2/t16-,20-/m1/s1. The lowest BCUT2D eigenvalue weighted by Gasteiger charge is -2.36. The maximum Gasteiger partial charge on any atom is 0.273 e. The molecule has 0 radical (unpaired) electrons. The summed E-state index contributed by atoms with van der Waals surface area (Å²) in [4.78, 5) is 34.2. The normalized spacial score (nSPS) is 26.7. The van der Waals surface area contributed by atoms with Crippen LogP contribution in [0.4, 0.5) is 0 Å². The number of benzene rings is 1. The Morgan fingerprint density at radius 2 is 2.07 bits per heavy atom. The largest absolute Gasteiger partial charge is 0.380 e. The fraction of sp³-hybridized carbons (Fsp3) is 0.450. The number of thiazole rings is 1. The van der Waals surface area contributed by atoms with E-state index in [0.29, 0.717) is 38.5 Å². The molecule has 1 aromatic carbocycles. The van der Waals surface area contributed by atoms with Crippen LogP contribution in [0, 0.1) is 11.3 Å². The van der Waals surface area contributed by atoms with Gasteiger partial charge >= 0.3 is 0 Å². The van der Waals surface area contributed by atoms with E-state index in [4.69, 9.17) is 4.74 Å². The topological polar surface area (TPSA) is 62.7 Å². The van der Waals surface area contributed by atoms with Gasteiger partial charge in [-0.05, 0) is 17.5 Å². The molecule has 140 valence electrons. The fourth-order valence-electron chi connectivity index (χ4n) is 4.66. The number of rotatable bonds is 2. The van der Waals surface area contributed by atoms with Crippen LogP contribution in [0.25, 0.3) is 0 Å². The monoisotopic (exact) mass is 383 g/mol. The van der Waals surface area contributed by atoms with E-state index in [1.807, 2.05) is 11.0 Å². The van der Waals surface area contributed by atoms with Crippen molar-refractivity contribution in [3.63, 3.8) is 0 Å². The number of amides is 2. The van der Waals surface area contributed by atoms with Crippen molar-refractivity contribution in [2.45, 2.75) is 13.0 Å². The summed E-state index contributed by atoms with van der Waals surface area (Å²) in [6.07, 6.45) is 0.880. The number of aromatic nitrogens is 1. The Labute approximate surface area is 161 Å². The lowest BCUT2D eigenvalue weighted by molar-refractivity contribution is -0.143. The zero-order valence-corrected chi connectivity index (χ0v) is 15.8. The molecule has 0 N–H and O–H groups in total. The molecule has 3 aliphatic rings. The SMILES string of the molecule is O=C(c1cscn1)N1C[C@@H]2COC[C@]2(C(=O)N2CCc3ccccc3C2)C1. The van der Waals surface area contributed by atoms with Crippen LogP contribution in [-0.4, -0.2) is 59.4 Å². The molecule has 2 amide bonds. The highest BCUT2D eigenvalue weighted by molar-refractivity contribution is 7.07. The summed E-state index contributed by atoms with van der Waals surface area (Å²) in [6, 6.07) is 8.31. The van der Waals surface area contributed by atoms with Gasteiger partial charge in [0.25, 0.3) is 5.91 Å². The number of nitrogens with zero attached hydrogens (tertiary/aromatic N) is 3. The van der Waals surface area contributed by atoms with Gasteiger partial charge in [-0.2, -0.15) is 0 Å². The van der Waals surface area contributed by atoms with E-state index in [1.165, 1.54) is 22.5 Å². The molecule has 0 aliphatic carbocycles. The van der Waals surface area contributed by atoms with Crippen LogP contribution in [0.3, 0.4) is 0 Å². The van der Waals surface area contributed by atoms with Crippen LogP contribution >= 0.6 is 11.3 Å². The Morgan fingerprint density at radius 1 is 1.22 bits per heavy atom. The maximum atomic E-state index is 13.6. The first kappa shape index (κ1) is 16.9. The van der Waals surface area contributed by atoms with E-state index in [2.05, 4.69) is 23.2 Å². The van der Waals surface area contributed by atoms with Crippen molar-refractivity contribution in [3.05, 3.63) is 52.0 Å². The smallest absolute Gasteiger partial charge is 0.273 e. The average molecular weight is 383 g/mol. The van der Waals surface area contributed by atoms with Crippen molar-refractivity contribution in [1.82, 2.24) is 14.8 Å². The van der Waals surface area contributed by atoms with Crippen molar-refractivity contribution in [3.8, 4) is 0 Å². The maximum absolute atomic E-state index is 13.6. The number of fused-ring (bicyclic) bond motifs is 2. The Bertz CT molecular complexity index is 884. The number of likely N-dealkylation sites (tertiary alicyclic amines) is 1. The van der Waals surface area contributed by atoms with Gasteiger partial charge < -0.3 is 14.5 Å². The molecule has 0 bridgehead atoms. The summed E-state index contributed by atoms with van der Waals surface area (Å²) >= 11 is 1.41. The molecular weight excluding hydrogens is 362 g/mol. The number of carbonyl (C=O) groups excluding carboxylic acids is 2. The molecule has 1 aromatic heterocycles. The summed E-state index contributed by atoms with van der Waals surface area (Å²) < 4.78 is 5.72. The Hall–Kier alpha value is -2.25. The molecule has 2 fully saturated rings. The summed E-state index contributed by atoms with van der Waals surface area (Å²) in [5.41, 5.74) is 4.06. The van der Waals surface area contributed by atoms with Crippen LogP contribution in [0.1, 0.15) is 21.6 Å². The third-order valence-corrected chi connectivity index (χ3v) is 6.74. The first-order valence-corrected chi connectivity index (χ1v) is 10.2. The van der Waals surface area contributed by atoms with Crippen LogP contribution in [-0.2, 0) is 22.5 Å². The van der Waals surface area contributed by atoms with Gasteiger partial charge in [-0.25, -0.2) is 4.98 Å². The molecular formula is C20H21N3O3S. The van der Waals surface area contributed by atoms with Gasteiger partial charge in [0.2, 0.25) is 5.91 Å². The summed E-state index contributed by atoms with van der Waals surface area (Å²) in [5, 5.41) is 1.77. The third-order valence-electron chi connectivity index (χ3n) is 6.16. The predicted molar refractivity (Wildman–Crippen MR) is 100 cm³/mol. The minimum atomic E-state index is -0.613. The molecule has 4 heterocycles. The molecule has 6 nitrogen and oxygen atoms in total. The minimum absolute atomic E-state index is 0.0600. The van der Waals surface area contributed by atoms with Crippen LogP contribution in [0.5, 0.6) is 0 Å². The molecule has 27 heavy (non-hydrogen) atoms. The van der Waals surface area contributed by atoms with Crippen molar-refractivity contribution < 1.29 is 14.3 Å². The lowest BCUT2D eigenvalue weighted by Crippen LogP contribution is -2.50. The highest BCUT2D eigenvalue weighted by atomic mass is 32.1. The van der Waals surface area contributed by atoms with Gasteiger partial charge in [0.05, 0.1) is 24.1 Å². The summed E-state index contributed by atoms with van der Waals surface area (Å²) in [5.74, 6) is 0.111. The Morgan fingerprint density at radius 3 is 2.89 bits per heavy atom. The van der Waals surface area contributed by atoms with Crippen LogP contribution < -0.4 is 0 Å². The van der Waals surface area contributed by atoms with Gasteiger partial charge in [0, 0.05) is 37.5 Å². The first-order chi connectivity index (χ1) is 13.2. The quantitative estimate of drug-likeness (QED) is 0.794. The highest BCUT2D eigenvalue weighted by Gasteiger charge is 2.58. The second kappa shape index (κ2) is 6.42. The van der Waals surface area contributed by atoms with Gasteiger partial charge in [0.15, 0.2) is 0 Å². The molecule has 5 rings (SSSR count). The zero-order valence-electron chi connectivity index (χ0n) is 15.0. The van der Waals surface area contributed by atoms with E-state index < -0.39 is 5.41 Å². The summed E-state index contributed by atoms with van der Waals surface area (Å²) in [7, 11) is 0. The fourth-order valence-corrected chi connectivity index (χ4v) is 5.18. The second-order valence-electron chi connectivity index (χ2n) is 7.67. The molecule has 7 heteroatoms. The lowest BCUT2D eigenvalue weighted by atomic mass is 9.79. The highest BCUT2D eigenvalue weighted by Crippen LogP contribution is 2.44. The minimum Gasteiger partial charge on any atom is -0.380 e. The van der Waals surface area contributed by atoms with E-state index >= 15 is 0 Å².